The highest BCUT2D eigenvalue weighted by molar-refractivity contribution is 5.55. The molecule has 3 rings (SSSR count). The van der Waals surface area contributed by atoms with E-state index in [-0.39, 0.29) is 11.2 Å². The standard InChI is InChI=1S/C15H19N3O2/c1-2-15(7-9-16-10-8-15)14-17-13(18-20-14)11-3-5-12(19)6-4-11/h3-6,16,19H,2,7-10H2,1H3. The first kappa shape index (κ1) is 13.1. The van der Waals surface area contributed by atoms with Gasteiger partial charge in [-0.15, -0.1) is 0 Å². The Morgan fingerprint density at radius 1 is 1.25 bits per heavy atom. The van der Waals surface area contributed by atoms with E-state index in [4.69, 9.17) is 4.52 Å². The van der Waals surface area contributed by atoms with Crippen molar-refractivity contribution in [2.45, 2.75) is 31.6 Å². The van der Waals surface area contributed by atoms with Crippen molar-refractivity contribution in [3.63, 3.8) is 0 Å². The summed E-state index contributed by atoms with van der Waals surface area (Å²) in [6.07, 6.45) is 3.06. The van der Waals surface area contributed by atoms with Crippen LogP contribution >= 0.6 is 0 Å². The first-order valence-corrected chi connectivity index (χ1v) is 7.08. The van der Waals surface area contributed by atoms with E-state index in [1.165, 1.54) is 0 Å². The van der Waals surface area contributed by atoms with Gasteiger partial charge in [0.25, 0.3) is 0 Å². The van der Waals surface area contributed by atoms with Gasteiger partial charge in [-0.25, -0.2) is 0 Å². The van der Waals surface area contributed by atoms with Crippen molar-refractivity contribution in [1.82, 2.24) is 15.5 Å². The summed E-state index contributed by atoms with van der Waals surface area (Å²) in [6, 6.07) is 6.85. The van der Waals surface area contributed by atoms with Crippen molar-refractivity contribution in [2.75, 3.05) is 13.1 Å². The number of phenols is 1. The van der Waals surface area contributed by atoms with Crippen molar-refractivity contribution in [2.24, 2.45) is 0 Å². The van der Waals surface area contributed by atoms with Crippen molar-refractivity contribution in [1.29, 1.82) is 0 Å². The molecule has 5 heteroatoms. The van der Waals surface area contributed by atoms with Gasteiger partial charge in [-0.1, -0.05) is 12.1 Å². The van der Waals surface area contributed by atoms with Gasteiger partial charge in [0.15, 0.2) is 0 Å². The molecule has 1 fully saturated rings. The molecule has 0 aliphatic carbocycles. The fraction of sp³-hybridized carbons (Fsp3) is 0.467. The summed E-state index contributed by atoms with van der Waals surface area (Å²) in [6.45, 7) is 4.16. The van der Waals surface area contributed by atoms with Gasteiger partial charge in [0, 0.05) is 5.56 Å². The average molecular weight is 273 g/mol. The quantitative estimate of drug-likeness (QED) is 0.899. The normalized spacial score (nSPS) is 18.1. The molecule has 0 bridgehead atoms. The summed E-state index contributed by atoms with van der Waals surface area (Å²) >= 11 is 0. The number of hydrogen-bond donors (Lipinski definition) is 2. The molecule has 106 valence electrons. The molecule has 2 aromatic rings. The Hall–Kier alpha value is -1.88. The van der Waals surface area contributed by atoms with E-state index in [2.05, 4.69) is 22.4 Å². The van der Waals surface area contributed by atoms with E-state index in [0.717, 1.165) is 43.8 Å². The molecule has 0 unspecified atom stereocenters. The second-order valence-electron chi connectivity index (χ2n) is 5.35. The molecule has 1 saturated heterocycles. The van der Waals surface area contributed by atoms with E-state index >= 15 is 0 Å². The molecule has 0 amide bonds. The topological polar surface area (TPSA) is 71.2 Å². The van der Waals surface area contributed by atoms with E-state index in [1.54, 1.807) is 24.3 Å². The molecule has 1 aliphatic heterocycles. The number of phenolic OH excluding ortho intramolecular Hbond substituents is 1. The fourth-order valence-corrected chi connectivity index (χ4v) is 2.79. The summed E-state index contributed by atoms with van der Waals surface area (Å²) in [5.74, 6) is 1.57. The first-order valence-electron chi connectivity index (χ1n) is 7.08. The van der Waals surface area contributed by atoms with Crippen LogP contribution in [0, 0.1) is 0 Å². The third-order valence-electron chi connectivity index (χ3n) is 4.24. The van der Waals surface area contributed by atoms with Crippen LogP contribution in [0.4, 0.5) is 0 Å². The number of nitrogens with zero attached hydrogens (tertiary/aromatic N) is 2. The molecular formula is C15H19N3O2. The molecule has 1 aromatic heterocycles. The maximum absolute atomic E-state index is 9.32. The highest BCUT2D eigenvalue weighted by Crippen LogP contribution is 2.36. The van der Waals surface area contributed by atoms with E-state index in [0.29, 0.717) is 5.82 Å². The molecule has 1 aliphatic rings. The minimum absolute atomic E-state index is 0.00736. The number of hydrogen-bond acceptors (Lipinski definition) is 5. The largest absolute Gasteiger partial charge is 0.508 e. The zero-order valence-corrected chi connectivity index (χ0v) is 11.6. The average Bonchev–Trinajstić information content (AvgIpc) is 2.99. The molecule has 2 N–H and O–H groups in total. The van der Waals surface area contributed by atoms with Crippen LogP contribution in [0.15, 0.2) is 28.8 Å². The number of benzene rings is 1. The molecule has 0 atom stereocenters. The van der Waals surface area contributed by atoms with Crippen LogP contribution in [0.3, 0.4) is 0 Å². The van der Waals surface area contributed by atoms with Gasteiger partial charge in [-0.2, -0.15) is 4.98 Å². The number of piperidine rings is 1. The van der Waals surface area contributed by atoms with Crippen LogP contribution < -0.4 is 5.32 Å². The third-order valence-corrected chi connectivity index (χ3v) is 4.24. The van der Waals surface area contributed by atoms with E-state index in [1.807, 2.05) is 0 Å². The molecular weight excluding hydrogens is 254 g/mol. The van der Waals surface area contributed by atoms with E-state index in [9.17, 15) is 5.11 Å². The molecule has 20 heavy (non-hydrogen) atoms. The Morgan fingerprint density at radius 3 is 2.60 bits per heavy atom. The van der Waals surface area contributed by atoms with Crippen LogP contribution in [-0.2, 0) is 5.41 Å². The SMILES string of the molecule is CCC1(c2nc(-c3ccc(O)cc3)no2)CCNCC1. The van der Waals surface area contributed by atoms with Gasteiger partial charge in [-0.05, 0) is 56.6 Å². The molecule has 0 saturated carbocycles. The lowest BCUT2D eigenvalue weighted by atomic mass is 9.76. The highest BCUT2D eigenvalue weighted by atomic mass is 16.5. The fourth-order valence-electron chi connectivity index (χ4n) is 2.79. The molecule has 0 spiro atoms. The van der Waals surface area contributed by atoms with Gasteiger partial charge in [0.1, 0.15) is 5.75 Å². The predicted octanol–water partition coefficient (Wildman–Crippen LogP) is 2.47. The monoisotopic (exact) mass is 273 g/mol. The summed E-state index contributed by atoms with van der Waals surface area (Å²) in [4.78, 5) is 4.59. The second kappa shape index (κ2) is 5.25. The van der Waals surface area contributed by atoms with Gasteiger partial charge in [0.05, 0.1) is 5.41 Å². The Balaban J connectivity index is 1.91. The van der Waals surface area contributed by atoms with Crippen LogP contribution in [0.1, 0.15) is 32.1 Å². The van der Waals surface area contributed by atoms with Crippen molar-refractivity contribution >= 4 is 0 Å². The Kier molecular flexibility index (Phi) is 3.44. The molecule has 5 nitrogen and oxygen atoms in total. The zero-order valence-electron chi connectivity index (χ0n) is 11.6. The summed E-state index contributed by atoms with van der Waals surface area (Å²) < 4.78 is 5.53. The summed E-state index contributed by atoms with van der Waals surface area (Å²) in [7, 11) is 0. The van der Waals surface area contributed by atoms with Crippen LogP contribution in [0.2, 0.25) is 0 Å². The highest BCUT2D eigenvalue weighted by Gasteiger charge is 2.37. The lowest BCUT2D eigenvalue weighted by Crippen LogP contribution is -2.39. The molecule has 0 radical (unpaired) electrons. The van der Waals surface area contributed by atoms with Crippen LogP contribution in [0.25, 0.3) is 11.4 Å². The van der Waals surface area contributed by atoms with Gasteiger partial charge < -0.3 is 14.9 Å². The zero-order chi connectivity index (χ0) is 14.0. The van der Waals surface area contributed by atoms with Gasteiger partial charge >= 0.3 is 0 Å². The molecule has 1 aromatic carbocycles. The van der Waals surface area contributed by atoms with Gasteiger partial charge in [0.2, 0.25) is 11.7 Å². The maximum Gasteiger partial charge on any atom is 0.233 e. The smallest absolute Gasteiger partial charge is 0.233 e. The number of rotatable bonds is 3. The lowest BCUT2D eigenvalue weighted by Gasteiger charge is -2.33. The minimum atomic E-state index is 0.00736. The van der Waals surface area contributed by atoms with Crippen molar-refractivity contribution in [3.05, 3.63) is 30.2 Å². The first-order chi connectivity index (χ1) is 9.73. The van der Waals surface area contributed by atoms with Crippen LogP contribution in [0.5, 0.6) is 5.75 Å². The lowest BCUT2D eigenvalue weighted by molar-refractivity contribution is 0.216. The predicted molar refractivity (Wildman–Crippen MR) is 75.5 cm³/mol. The summed E-state index contributed by atoms with van der Waals surface area (Å²) in [5.41, 5.74) is 0.867. The summed E-state index contributed by atoms with van der Waals surface area (Å²) in [5, 5.41) is 16.8. The number of nitrogens with one attached hydrogen (secondary N) is 1. The van der Waals surface area contributed by atoms with E-state index < -0.39 is 0 Å². The number of aromatic nitrogens is 2. The molecule has 2 heterocycles. The second-order valence-corrected chi connectivity index (χ2v) is 5.35. The Morgan fingerprint density at radius 2 is 1.95 bits per heavy atom. The van der Waals surface area contributed by atoms with Gasteiger partial charge in [-0.3, -0.25) is 0 Å². The third kappa shape index (κ3) is 2.29. The number of aromatic hydroxyl groups is 1. The Labute approximate surface area is 118 Å². The van der Waals surface area contributed by atoms with Crippen LogP contribution in [-0.4, -0.2) is 28.3 Å². The van der Waals surface area contributed by atoms with Crippen molar-refractivity contribution in [3.8, 4) is 17.1 Å². The van der Waals surface area contributed by atoms with Crippen molar-refractivity contribution < 1.29 is 9.63 Å². The minimum Gasteiger partial charge on any atom is -0.508 e. The maximum atomic E-state index is 9.32. The Bertz CT molecular complexity index is 571.